The molecular weight excluding hydrogens is 310 g/mol. The number of carboxylic acid groups (broad SMARTS) is 4. The number of hydrogen-bond acceptors (Lipinski definition) is 8. The van der Waals surface area contributed by atoms with Gasteiger partial charge in [-0.2, -0.15) is 0 Å². The molecule has 21 heavy (non-hydrogen) atoms. The Labute approximate surface area is 164 Å². The Morgan fingerprint density at radius 1 is 0.714 bits per heavy atom. The molecule has 0 atom stereocenters. The van der Waals surface area contributed by atoms with E-state index in [9.17, 15) is 29.4 Å². The summed E-state index contributed by atoms with van der Waals surface area (Å²) in [6, 6.07) is 0. The third-order valence-corrected chi connectivity index (χ3v) is 1.82. The topological polar surface area (TPSA) is 161 Å². The normalized spacial score (nSPS) is 9.62. The number of hydrogen-bond donors (Lipinski definition) is 2. The van der Waals surface area contributed by atoms with Crippen molar-refractivity contribution >= 4 is 23.9 Å². The number of aliphatic carboxylic acids is 4. The van der Waals surface area contributed by atoms with Gasteiger partial charge in [-0.1, -0.05) is 0 Å². The molecule has 12 heteroatoms. The van der Waals surface area contributed by atoms with Gasteiger partial charge in [0.05, 0.1) is 31.7 Å². The third-order valence-electron chi connectivity index (χ3n) is 1.82. The van der Waals surface area contributed by atoms with Crippen LogP contribution in [-0.2, 0) is 19.2 Å². The Hall–Kier alpha value is -0.200. The summed E-state index contributed by atoms with van der Waals surface area (Å²) in [7, 11) is 0. The van der Waals surface area contributed by atoms with Crippen LogP contribution in [0.3, 0.4) is 0 Å². The smallest absolute Gasteiger partial charge is 0.549 e. The minimum atomic E-state index is -1.58. The van der Waals surface area contributed by atoms with Crippen molar-refractivity contribution in [1.82, 2.24) is 9.80 Å². The summed E-state index contributed by atoms with van der Waals surface area (Å²) in [4.78, 5) is 43.5. The largest absolute Gasteiger partial charge is 1.00 e. The molecule has 0 amide bonds. The van der Waals surface area contributed by atoms with Crippen LogP contribution in [0, 0.1) is 0 Å². The number of carbonyl (C=O) groups excluding carboxylic acids is 2. The predicted octanol–water partition coefficient (Wildman–Crippen LogP) is -10.8. The molecule has 0 radical (unpaired) electrons. The molecule has 0 unspecified atom stereocenters. The fourth-order valence-corrected chi connectivity index (χ4v) is 1.34. The van der Waals surface area contributed by atoms with Crippen LogP contribution in [0.4, 0.5) is 0 Å². The van der Waals surface area contributed by atoms with E-state index in [1.54, 1.807) is 0 Å². The third kappa shape index (κ3) is 16.0. The van der Waals surface area contributed by atoms with Gasteiger partial charge in [0.15, 0.2) is 0 Å². The first-order chi connectivity index (χ1) is 8.70. The summed E-state index contributed by atoms with van der Waals surface area (Å²) in [5, 5.41) is 37.9. The molecule has 0 fully saturated rings. The molecule has 0 bridgehead atoms. The molecule has 0 aromatic rings. The predicted molar refractivity (Wildman–Crippen MR) is 53.3 cm³/mol. The quantitative estimate of drug-likeness (QED) is 0.292. The molecule has 0 spiro atoms. The Morgan fingerprint density at radius 3 is 1.24 bits per heavy atom. The SMILES string of the molecule is O=C([O-])CN(CC(=O)[O-])CN(CC(=O)O)CC(=O)O.[Na+].[Na+]. The van der Waals surface area contributed by atoms with Crippen LogP contribution in [0.5, 0.6) is 0 Å². The van der Waals surface area contributed by atoms with Crippen LogP contribution in [0.2, 0.25) is 0 Å². The summed E-state index contributed by atoms with van der Waals surface area (Å²) in [6.07, 6.45) is 0. The van der Waals surface area contributed by atoms with Gasteiger partial charge in [0, 0.05) is 13.1 Å². The Morgan fingerprint density at radius 2 is 1.00 bits per heavy atom. The van der Waals surface area contributed by atoms with Gasteiger partial charge in [-0.15, -0.1) is 0 Å². The van der Waals surface area contributed by atoms with E-state index in [1.165, 1.54) is 0 Å². The van der Waals surface area contributed by atoms with E-state index in [0.29, 0.717) is 0 Å². The van der Waals surface area contributed by atoms with Crippen molar-refractivity contribution < 1.29 is 98.7 Å². The van der Waals surface area contributed by atoms with Gasteiger partial charge in [0.25, 0.3) is 0 Å². The van der Waals surface area contributed by atoms with Crippen LogP contribution in [0.1, 0.15) is 0 Å². The van der Waals surface area contributed by atoms with Gasteiger partial charge in [-0.3, -0.25) is 19.4 Å². The molecule has 108 valence electrons. The number of nitrogens with zero attached hydrogens (tertiary/aromatic N) is 2. The fourth-order valence-electron chi connectivity index (χ4n) is 1.34. The van der Waals surface area contributed by atoms with Gasteiger partial charge < -0.3 is 30.0 Å². The zero-order valence-corrected chi connectivity index (χ0v) is 15.8. The molecule has 0 aromatic carbocycles. The van der Waals surface area contributed by atoms with Gasteiger partial charge >= 0.3 is 71.1 Å². The maximum atomic E-state index is 10.5. The first kappa shape index (κ1) is 25.7. The standard InChI is InChI=1S/C9H14N2O8.2Na/c12-6(13)1-10(2-7(14)15)5-11(3-8(16)17)4-9(18)19;;/h1-5H2,(H,12,13)(H,14,15)(H,16,17)(H,18,19);;/q;2*+1/p-2. The molecular formula is C9H12N2Na2O8. The zero-order chi connectivity index (χ0) is 15.0. The fraction of sp³-hybridized carbons (Fsp3) is 0.556. The van der Waals surface area contributed by atoms with E-state index in [1.807, 2.05) is 0 Å². The molecule has 2 N–H and O–H groups in total. The number of carboxylic acids is 4. The van der Waals surface area contributed by atoms with Gasteiger partial charge in [0.1, 0.15) is 0 Å². The Kier molecular flexibility index (Phi) is 16.5. The van der Waals surface area contributed by atoms with Crippen LogP contribution >= 0.6 is 0 Å². The maximum Gasteiger partial charge on any atom is 1.00 e. The van der Waals surface area contributed by atoms with Crippen molar-refractivity contribution in [2.75, 3.05) is 32.8 Å². The van der Waals surface area contributed by atoms with E-state index in [4.69, 9.17) is 10.2 Å². The molecule has 0 aliphatic rings. The number of carbonyl (C=O) groups is 4. The van der Waals surface area contributed by atoms with Crippen LogP contribution in [-0.4, -0.2) is 76.7 Å². The second-order valence-electron chi connectivity index (χ2n) is 3.65. The monoisotopic (exact) mass is 322 g/mol. The molecule has 0 rings (SSSR count). The van der Waals surface area contributed by atoms with Crippen LogP contribution in [0.15, 0.2) is 0 Å². The van der Waals surface area contributed by atoms with Gasteiger partial charge in [-0.25, -0.2) is 0 Å². The minimum Gasteiger partial charge on any atom is -0.549 e. The molecule has 0 aromatic heterocycles. The summed E-state index contributed by atoms with van der Waals surface area (Å²) < 4.78 is 0. The van der Waals surface area contributed by atoms with Crippen molar-refractivity contribution in [1.29, 1.82) is 0 Å². The van der Waals surface area contributed by atoms with E-state index in [2.05, 4.69) is 0 Å². The molecule has 0 saturated carbocycles. The average Bonchev–Trinajstić information content (AvgIpc) is 2.11. The average molecular weight is 322 g/mol. The Bertz CT molecular complexity index is 313. The minimum absolute atomic E-state index is 0. The van der Waals surface area contributed by atoms with Crippen molar-refractivity contribution in [3.63, 3.8) is 0 Å². The molecule has 0 heterocycles. The molecule has 0 saturated heterocycles. The van der Waals surface area contributed by atoms with Crippen LogP contribution < -0.4 is 69.3 Å². The summed E-state index contributed by atoms with van der Waals surface area (Å²) >= 11 is 0. The summed E-state index contributed by atoms with van der Waals surface area (Å²) in [6.45, 7) is -3.40. The molecule has 0 aliphatic carbocycles. The van der Waals surface area contributed by atoms with Gasteiger partial charge in [0.2, 0.25) is 0 Å². The molecule has 10 nitrogen and oxygen atoms in total. The van der Waals surface area contributed by atoms with Crippen molar-refractivity contribution in [3.8, 4) is 0 Å². The zero-order valence-electron chi connectivity index (χ0n) is 11.8. The second-order valence-corrected chi connectivity index (χ2v) is 3.65. The number of rotatable bonds is 10. The van der Waals surface area contributed by atoms with E-state index < -0.39 is 56.7 Å². The van der Waals surface area contributed by atoms with Crippen molar-refractivity contribution in [3.05, 3.63) is 0 Å². The first-order valence-electron chi connectivity index (χ1n) is 4.98. The van der Waals surface area contributed by atoms with E-state index >= 15 is 0 Å². The maximum absolute atomic E-state index is 10.5. The molecule has 0 aliphatic heterocycles. The second kappa shape index (κ2) is 13.5. The van der Waals surface area contributed by atoms with Crippen LogP contribution in [0.25, 0.3) is 0 Å². The van der Waals surface area contributed by atoms with Crippen molar-refractivity contribution in [2.24, 2.45) is 0 Å². The first-order valence-corrected chi connectivity index (χ1v) is 4.98. The van der Waals surface area contributed by atoms with E-state index in [0.717, 1.165) is 9.80 Å². The van der Waals surface area contributed by atoms with Gasteiger partial charge in [-0.05, 0) is 0 Å². The van der Waals surface area contributed by atoms with E-state index in [-0.39, 0.29) is 59.1 Å². The van der Waals surface area contributed by atoms with Crippen molar-refractivity contribution in [2.45, 2.75) is 0 Å². The summed E-state index contributed by atoms with van der Waals surface area (Å²) in [5.74, 6) is -5.81. The Balaban J connectivity index is -0.00000162. The summed E-state index contributed by atoms with van der Waals surface area (Å²) in [5.41, 5.74) is 0.